The Morgan fingerprint density at radius 1 is 1.57 bits per heavy atom. The van der Waals surface area contributed by atoms with Crippen molar-refractivity contribution in [3.05, 3.63) is 18.3 Å². The molecule has 0 atom stereocenters. The molecule has 0 fully saturated rings. The summed E-state index contributed by atoms with van der Waals surface area (Å²) < 4.78 is 0. The molecule has 1 aromatic heterocycles. The average Bonchev–Trinajstić information content (AvgIpc) is 2.26. The maximum atomic E-state index is 5.29. The molecule has 0 radical (unpaired) electrons. The van der Waals surface area contributed by atoms with Gasteiger partial charge in [-0.15, -0.1) is 0 Å². The van der Waals surface area contributed by atoms with E-state index in [0.717, 1.165) is 12.2 Å². The number of nitrogens with two attached hydrogens (primary N) is 1. The van der Waals surface area contributed by atoms with Gasteiger partial charge in [0.2, 0.25) is 0 Å². The van der Waals surface area contributed by atoms with E-state index in [1.165, 1.54) is 12.8 Å². The lowest BCUT2D eigenvalue weighted by molar-refractivity contribution is 0.766. The van der Waals surface area contributed by atoms with Crippen LogP contribution in [0.5, 0.6) is 0 Å². The minimum Gasteiger partial charge on any atom is -0.374 e. The molecule has 0 aliphatic rings. The van der Waals surface area contributed by atoms with E-state index in [9.17, 15) is 0 Å². The number of hydrogen-bond acceptors (Lipinski definition) is 4. The van der Waals surface area contributed by atoms with Gasteiger partial charge in [-0.05, 0) is 12.5 Å². The average molecular weight is 194 g/mol. The summed E-state index contributed by atoms with van der Waals surface area (Å²) >= 11 is 0. The van der Waals surface area contributed by atoms with Crippen LogP contribution in [0.2, 0.25) is 0 Å². The number of nitrogen functional groups attached to an aromatic ring is 1. The maximum absolute atomic E-state index is 5.29. The van der Waals surface area contributed by atoms with Crippen LogP contribution in [0.15, 0.2) is 18.3 Å². The Morgan fingerprint density at radius 2 is 2.36 bits per heavy atom. The largest absolute Gasteiger partial charge is 0.374 e. The first kappa shape index (κ1) is 10.8. The predicted molar refractivity (Wildman–Crippen MR) is 60.2 cm³/mol. The van der Waals surface area contributed by atoms with Gasteiger partial charge in [0, 0.05) is 31.5 Å². The Labute approximate surface area is 85.1 Å². The molecule has 0 aliphatic heterocycles. The summed E-state index contributed by atoms with van der Waals surface area (Å²) in [6.07, 6.45) is 4.16. The Balaban J connectivity index is 2.64. The van der Waals surface area contributed by atoms with Crippen LogP contribution in [-0.4, -0.2) is 18.6 Å². The lowest BCUT2D eigenvalue weighted by atomic mass is 10.3. The third-order valence-corrected chi connectivity index (χ3v) is 2.18. The van der Waals surface area contributed by atoms with Crippen molar-refractivity contribution in [2.24, 2.45) is 5.84 Å². The number of hydrazine groups is 1. The van der Waals surface area contributed by atoms with E-state index >= 15 is 0 Å². The van der Waals surface area contributed by atoms with Crippen LogP contribution < -0.4 is 16.2 Å². The minimum absolute atomic E-state index is 0.700. The summed E-state index contributed by atoms with van der Waals surface area (Å²) in [5.41, 5.74) is 3.68. The van der Waals surface area contributed by atoms with E-state index in [4.69, 9.17) is 5.84 Å². The second-order valence-corrected chi connectivity index (χ2v) is 3.32. The van der Waals surface area contributed by atoms with Crippen molar-refractivity contribution in [3.63, 3.8) is 0 Å². The molecular weight excluding hydrogens is 176 g/mol. The molecular formula is C10H18N4. The monoisotopic (exact) mass is 194 g/mol. The van der Waals surface area contributed by atoms with Crippen molar-refractivity contribution in [2.75, 3.05) is 23.9 Å². The van der Waals surface area contributed by atoms with Crippen molar-refractivity contribution >= 4 is 11.5 Å². The van der Waals surface area contributed by atoms with E-state index in [0.29, 0.717) is 5.82 Å². The molecule has 1 heterocycles. The Morgan fingerprint density at radius 3 is 3.00 bits per heavy atom. The van der Waals surface area contributed by atoms with E-state index < -0.39 is 0 Å². The number of nitrogens with zero attached hydrogens (tertiary/aromatic N) is 2. The molecule has 1 aromatic rings. The zero-order chi connectivity index (χ0) is 10.4. The van der Waals surface area contributed by atoms with E-state index in [-0.39, 0.29) is 0 Å². The highest BCUT2D eigenvalue weighted by Gasteiger charge is 2.00. The standard InChI is InChI=1S/C10H18N4/c1-3-4-7-14(2)9-5-6-12-10(8-9)13-11/h5-6,8H,3-4,7,11H2,1-2H3,(H,12,13). The molecule has 0 bridgehead atoms. The van der Waals surface area contributed by atoms with Crippen molar-refractivity contribution in [3.8, 4) is 0 Å². The first-order chi connectivity index (χ1) is 6.77. The van der Waals surface area contributed by atoms with Crippen molar-refractivity contribution in [1.82, 2.24) is 4.98 Å². The van der Waals surface area contributed by atoms with Crippen molar-refractivity contribution in [1.29, 1.82) is 0 Å². The fraction of sp³-hybridized carbons (Fsp3) is 0.500. The second kappa shape index (κ2) is 5.44. The van der Waals surface area contributed by atoms with Gasteiger partial charge in [-0.2, -0.15) is 0 Å². The minimum atomic E-state index is 0.700. The van der Waals surface area contributed by atoms with E-state index in [1.807, 2.05) is 12.1 Å². The topological polar surface area (TPSA) is 54.2 Å². The lowest BCUT2D eigenvalue weighted by Gasteiger charge is -2.19. The SMILES string of the molecule is CCCCN(C)c1ccnc(NN)c1. The molecule has 14 heavy (non-hydrogen) atoms. The fourth-order valence-electron chi connectivity index (χ4n) is 1.26. The van der Waals surface area contributed by atoms with Crippen LogP contribution in [0.3, 0.4) is 0 Å². The molecule has 0 aliphatic carbocycles. The highest BCUT2D eigenvalue weighted by atomic mass is 15.2. The summed E-state index contributed by atoms with van der Waals surface area (Å²) in [5, 5.41) is 0. The third kappa shape index (κ3) is 2.88. The zero-order valence-corrected chi connectivity index (χ0v) is 8.83. The van der Waals surface area contributed by atoms with Crippen molar-refractivity contribution < 1.29 is 0 Å². The van der Waals surface area contributed by atoms with E-state index in [2.05, 4.69) is 29.3 Å². The molecule has 3 N–H and O–H groups in total. The summed E-state index contributed by atoms with van der Waals surface area (Å²) in [5.74, 6) is 5.99. The number of rotatable bonds is 5. The molecule has 4 nitrogen and oxygen atoms in total. The molecule has 0 aromatic carbocycles. The number of aromatic nitrogens is 1. The van der Waals surface area contributed by atoms with Crippen molar-refractivity contribution in [2.45, 2.75) is 19.8 Å². The van der Waals surface area contributed by atoms with Gasteiger partial charge in [0.15, 0.2) is 0 Å². The van der Waals surface area contributed by atoms with Gasteiger partial charge in [0.05, 0.1) is 0 Å². The number of nitrogens with one attached hydrogen (secondary N) is 1. The van der Waals surface area contributed by atoms with Crippen LogP contribution in [0.1, 0.15) is 19.8 Å². The first-order valence-electron chi connectivity index (χ1n) is 4.91. The molecule has 78 valence electrons. The summed E-state index contributed by atoms with van der Waals surface area (Å²) in [6, 6.07) is 3.92. The number of unbranched alkanes of at least 4 members (excludes halogenated alkanes) is 1. The predicted octanol–water partition coefficient (Wildman–Crippen LogP) is 1.60. The van der Waals surface area contributed by atoms with Crippen LogP contribution in [-0.2, 0) is 0 Å². The van der Waals surface area contributed by atoms with Gasteiger partial charge in [-0.1, -0.05) is 13.3 Å². The molecule has 0 spiro atoms. The zero-order valence-electron chi connectivity index (χ0n) is 8.83. The molecule has 0 unspecified atom stereocenters. The highest BCUT2D eigenvalue weighted by molar-refractivity contribution is 5.52. The summed E-state index contributed by atoms with van der Waals surface area (Å²) in [6.45, 7) is 3.25. The molecule has 1 rings (SSSR count). The van der Waals surface area contributed by atoms with Crippen LogP contribution in [0.4, 0.5) is 11.5 Å². The smallest absolute Gasteiger partial charge is 0.141 e. The van der Waals surface area contributed by atoms with Crippen LogP contribution in [0, 0.1) is 0 Å². The maximum Gasteiger partial charge on any atom is 0.141 e. The first-order valence-corrected chi connectivity index (χ1v) is 4.91. The Bertz CT molecular complexity index is 275. The Kier molecular flexibility index (Phi) is 4.19. The number of hydrogen-bond donors (Lipinski definition) is 2. The fourth-order valence-corrected chi connectivity index (χ4v) is 1.26. The number of anilines is 2. The highest BCUT2D eigenvalue weighted by Crippen LogP contribution is 2.15. The summed E-state index contributed by atoms with van der Waals surface area (Å²) in [7, 11) is 2.07. The normalized spacial score (nSPS) is 9.93. The molecule has 0 amide bonds. The summed E-state index contributed by atoms with van der Waals surface area (Å²) in [4.78, 5) is 6.26. The third-order valence-electron chi connectivity index (χ3n) is 2.18. The van der Waals surface area contributed by atoms with E-state index in [1.54, 1.807) is 6.20 Å². The Hall–Kier alpha value is -1.29. The van der Waals surface area contributed by atoms with Gasteiger partial charge >= 0.3 is 0 Å². The van der Waals surface area contributed by atoms with Crippen LogP contribution in [0.25, 0.3) is 0 Å². The lowest BCUT2D eigenvalue weighted by Crippen LogP contribution is -2.19. The van der Waals surface area contributed by atoms with Gasteiger partial charge < -0.3 is 10.3 Å². The molecule has 4 heteroatoms. The quantitative estimate of drug-likeness (QED) is 0.552. The van der Waals surface area contributed by atoms with Gasteiger partial charge in [0.25, 0.3) is 0 Å². The number of pyridine rings is 1. The second-order valence-electron chi connectivity index (χ2n) is 3.32. The molecule has 0 saturated carbocycles. The van der Waals surface area contributed by atoms with Gasteiger partial charge in [-0.25, -0.2) is 10.8 Å². The molecule has 0 saturated heterocycles. The van der Waals surface area contributed by atoms with Gasteiger partial charge in [-0.3, -0.25) is 0 Å². The van der Waals surface area contributed by atoms with Gasteiger partial charge in [0.1, 0.15) is 5.82 Å². The van der Waals surface area contributed by atoms with Crippen LogP contribution >= 0.6 is 0 Å².